The number of fused-ring (bicyclic) bond motifs is 1. The molecule has 1 unspecified atom stereocenters. The van der Waals surface area contributed by atoms with Crippen molar-refractivity contribution in [3.63, 3.8) is 0 Å². The summed E-state index contributed by atoms with van der Waals surface area (Å²) in [4.78, 5) is 43.8. The fourth-order valence-electron chi connectivity index (χ4n) is 4.87. The normalized spacial score (nSPS) is 15.5. The Balaban J connectivity index is 1.69. The molecule has 2 aromatic heterocycles. The van der Waals surface area contributed by atoms with Crippen LogP contribution in [-0.2, 0) is 22.6 Å². The molecule has 0 bridgehead atoms. The van der Waals surface area contributed by atoms with Crippen LogP contribution in [0.15, 0.2) is 58.4 Å². The summed E-state index contributed by atoms with van der Waals surface area (Å²) in [5.41, 5.74) is 3.70. The molecule has 9 heteroatoms. The van der Waals surface area contributed by atoms with Gasteiger partial charge in [0.05, 0.1) is 37.3 Å². The Kier molecular flexibility index (Phi) is 6.32. The van der Waals surface area contributed by atoms with Crippen LogP contribution in [0, 0.1) is 13.8 Å². The van der Waals surface area contributed by atoms with Crippen LogP contribution >= 0.6 is 0 Å². The molecule has 4 aromatic rings. The molecular weight excluding hydrogens is 460 g/mol. The van der Waals surface area contributed by atoms with Gasteiger partial charge in [-0.1, -0.05) is 30.3 Å². The number of nitrogens with zero attached hydrogens (tertiary/aromatic N) is 4. The Labute approximate surface area is 207 Å². The van der Waals surface area contributed by atoms with Crippen molar-refractivity contribution in [2.45, 2.75) is 45.9 Å². The fraction of sp³-hybridized carbons (Fsp3) is 0.333. The third-order valence-electron chi connectivity index (χ3n) is 6.70. The summed E-state index contributed by atoms with van der Waals surface area (Å²) < 4.78 is 15.1. The van der Waals surface area contributed by atoms with E-state index in [1.54, 1.807) is 27.6 Å². The molecule has 1 aliphatic rings. The van der Waals surface area contributed by atoms with Gasteiger partial charge < -0.3 is 14.0 Å². The Morgan fingerprint density at radius 3 is 2.47 bits per heavy atom. The summed E-state index contributed by atoms with van der Waals surface area (Å²) >= 11 is 0. The molecule has 5 rings (SSSR count). The molecule has 3 heterocycles. The number of aromatic nitrogens is 4. The SMILES string of the molecule is COC(=O)c1ccc(Cn2cnc3c2c(=O)n(CC2CCCO2)c(=O)n3-c2c(C)cccc2C)cc1. The lowest BCUT2D eigenvalue weighted by atomic mass is 10.1. The summed E-state index contributed by atoms with van der Waals surface area (Å²) in [6.07, 6.45) is 3.12. The maximum atomic E-state index is 13.8. The van der Waals surface area contributed by atoms with Crippen molar-refractivity contribution in [1.82, 2.24) is 18.7 Å². The van der Waals surface area contributed by atoms with E-state index in [2.05, 4.69) is 4.98 Å². The van der Waals surface area contributed by atoms with Gasteiger partial charge in [-0.2, -0.15) is 0 Å². The van der Waals surface area contributed by atoms with Gasteiger partial charge in [0.1, 0.15) is 0 Å². The minimum absolute atomic E-state index is 0.179. The van der Waals surface area contributed by atoms with Gasteiger partial charge in [0, 0.05) is 13.2 Å². The molecule has 186 valence electrons. The monoisotopic (exact) mass is 488 g/mol. The smallest absolute Gasteiger partial charge is 0.337 e. The zero-order chi connectivity index (χ0) is 25.4. The van der Waals surface area contributed by atoms with Gasteiger partial charge in [0.2, 0.25) is 0 Å². The maximum absolute atomic E-state index is 13.8. The Morgan fingerprint density at radius 1 is 1.11 bits per heavy atom. The molecular formula is C27H28N4O5. The average molecular weight is 489 g/mol. The van der Waals surface area contributed by atoms with Crippen LogP contribution in [0.1, 0.15) is 39.9 Å². The maximum Gasteiger partial charge on any atom is 0.337 e. The standard InChI is InChI=1S/C27H28N4O5/c1-17-6-4-7-18(2)22(17)31-24-23(25(32)30(27(31)34)15-21-8-5-13-36-21)29(16-28-24)14-19-9-11-20(12-10-19)26(33)35-3/h4,6-7,9-12,16,21H,5,8,13-15H2,1-3H3. The molecule has 2 aromatic carbocycles. The second kappa shape index (κ2) is 9.58. The Hall–Kier alpha value is -3.98. The van der Waals surface area contributed by atoms with Crippen molar-refractivity contribution in [1.29, 1.82) is 0 Å². The minimum Gasteiger partial charge on any atom is -0.465 e. The number of aryl methyl sites for hydroxylation is 2. The van der Waals surface area contributed by atoms with Crippen LogP contribution in [0.3, 0.4) is 0 Å². The Bertz CT molecular complexity index is 1540. The van der Waals surface area contributed by atoms with Gasteiger partial charge in [-0.15, -0.1) is 0 Å². The number of para-hydroxylation sites is 1. The summed E-state index contributed by atoms with van der Waals surface area (Å²) in [5.74, 6) is -0.413. The number of hydrogen-bond acceptors (Lipinski definition) is 6. The first-order valence-electron chi connectivity index (χ1n) is 11.9. The quantitative estimate of drug-likeness (QED) is 0.387. The van der Waals surface area contributed by atoms with E-state index in [0.29, 0.717) is 29.9 Å². The van der Waals surface area contributed by atoms with Crippen molar-refractivity contribution in [3.05, 3.63) is 91.9 Å². The van der Waals surface area contributed by atoms with Gasteiger partial charge in [-0.3, -0.25) is 9.36 Å². The van der Waals surface area contributed by atoms with E-state index in [1.165, 1.54) is 11.7 Å². The number of hydrogen-bond donors (Lipinski definition) is 0. The van der Waals surface area contributed by atoms with E-state index in [1.807, 2.05) is 44.2 Å². The summed E-state index contributed by atoms with van der Waals surface area (Å²) in [6, 6.07) is 12.8. The largest absolute Gasteiger partial charge is 0.465 e. The van der Waals surface area contributed by atoms with E-state index in [-0.39, 0.29) is 12.6 Å². The van der Waals surface area contributed by atoms with Gasteiger partial charge in [0.15, 0.2) is 11.2 Å². The van der Waals surface area contributed by atoms with E-state index >= 15 is 0 Å². The molecule has 1 saturated heterocycles. The molecule has 36 heavy (non-hydrogen) atoms. The number of carbonyl (C=O) groups excluding carboxylic acids is 1. The molecule has 9 nitrogen and oxygen atoms in total. The van der Waals surface area contributed by atoms with Gasteiger partial charge in [0.25, 0.3) is 5.56 Å². The molecule has 1 atom stereocenters. The van der Waals surface area contributed by atoms with Crippen molar-refractivity contribution in [2.75, 3.05) is 13.7 Å². The predicted molar refractivity (Wildman–Crippen MR) is 135 cm³/mol. The number of benzene rings is 2. The van der Waals surface area contributed by atoms with Crippen molar-refractivity contribution < 1.29 is 14.3 Å². The molecule has 1 fully saturated rings. The first-order chi connectivity index (χ1) is 17.4. The number of ether oxygens (including phenoxy) is 2. The van der Waals surface area contributed by atoms with Crippen LogP contribution < -0.4 is 11.2 Å². The summed E-state index contributed by atoms with van der Waals surface area (Å²) in [5, 5.41) is 0. The molecule has 0 spiro atoms. The number of imidazole rings is 1. The van der Waals surface area contributed by atoms with Crippen LogP contribution in [0.2, 0.25) is 0 Å². The summed E-state index contributed by atoms with van der Waals surface area (Å²) in [6.45, 7) is 5.05. The molecule has 0 radical (unpaired) electrons. The first kappa shape index (κ1) is 23.7. The second-order valence-electron chi connectivity index (χ2n) is 9.14. The van der Waals surface area contributed by atoms with Crippen molar-refractivity contribution >= 4 is 17.1 Å². The Morgan fingerprint density at radius 2 is 1.83 bits per heavy atom. The van der Waals surface area contributed by atoms with Crippen LogP contribution in [0.5, 0.6) is 0 Å². The lowest BCUT2D eigenvalue weighted by Gasteiger charge is -2.17. The lowest BCUT2D eigenvalue weighted by molar-refractivity contribution is 0.0600. The molecule has 0 saturated carbocycles. The van der Waals surface area contributed by atoms with E-state index < -0.39 is 17.2 Å². The van der Waals surface area contributed by atoms with Crippen molar-refractivity contribution in [2.24, 2.45) is 0 Å². The van der Waals surface area contributed by atoms with Crippen molar-refractivity contribution in [3.8, 4) is 5.69 Å². The van der Waals surface area contributed by atoms with Crippen LogP contribution in [0.25, 0.3) is 16.9 Å². The van der Waals surface area contributed by atoms with Crippen LogP contribution in [0.4, 0.5) is 0 Å². The van der Waals surface area contributed by atoms with Crippen LogP contribution in [-0.4, -0.2) is 44.5 Å². The second-order valence-corrected chi connectivity index (χ2v) is 9.14. The van der Waals surface area contributed by atoms with E-state index in [9.17, 15) is 14.4 Å². The predicted octanol–water partition coefficient (Wildman–Crippen LogP) is 2.98. The van der Waals surface area contributed by atoms with Gasteiger partial charge in [-0.25, -0.2) is 19.1 Å². The molecule has 1 aliphatic heterocycles. The highest BCUT2D eigenvalue weighted by Gasteiger charge is 2.24. The highest BCUT2D eigenvalue weighted by atomic mass is 16.5. The number of methoxy groups -OCH3 is 1. The number of rotatable bonds is 6. The topological polar surface area (TPSA) is 97.4 Å². The number of esters is 1. The zero-order valence-electron chi connectivity index (χ0n) is 20.6. The van der Waals surface area contributed by atoms with Gasteiger partial charge >= 0.3 is 11.7 Å². The lowest BCUT2D eigenvalue weighted by Crippen LogP contribution is -2.42. The highest BCUT2D eigenvalue weighted by molar-refractivity contribution is 5.89. The third-order valence-corrected chi connectivity index (χ3v) is 6.70. The highest BCUT2D eigenvalue weighted by Crippen LogP contribution is 2.22. The molecule has 0 amide bonds. The molecule has 0 aliphatic carbocycles. The minimum atomic E-state index is -0.423. The average Bonchev–Trinajstić information content (AvgIpc) is 3.54. The number of carbonyl (C=O) groups is 1. The van der Waals surface area contributed by atoms with E-state index in [0.717, 1.165) is 35.2 Å². The van der Waals surface area contributed by atoms with Gasteiger partial charge in [-0.05, 0) is 55.5 Å². The third kappa shape index (κ3) is 4.15. The fourth-order valence-corrected chi connectivity index (χ4v) is 4.87. The van der Waals surface area contributed by atoms with E-state index in [4.69, 9.17) is 9.47 Å². The zero-order valence-corrected chi connectivity index (χ0v) is 20.6. The first-order valence-corrected chi connectivity index (χ1v) is 11.9. The molecule has 0 N–H and O–H groups in total. The summed E-state index contributed by atoms with van der Waals surface area (Å²) in [7, 11) is 1.34.